The molecule has 4 fully saturated rings. The van der Waals surface area contributed by atoms with E-state index in [-0.39, 0.29) is 30.1 Å². The van der Waals surface area contributed by atoms with E-state index in [2.05, 4.69) is 26.6 Å². The van der Waals surface area contributed by atoms with Crippen LogP contribution in [0.2, 0.25) is 0 Å². The van der Waals surface area contributed by atoms with Crippen LogP contribution in [0.4, 0.5) is 0 Å². The molecular formula is C40H58N8O8. The summed E-state index contributed by atoms with van der Waals surface area (Å²) in [5.74, 6) is -4.41. The van der Waals surface area contributed by atoms with Crippen LogP contribution in [-0.4, -0.2) is 131 Å². The van der Waals surface area contributed by atoms with Crippen LogP contribution in [0.15, 0.2) is 30.3 Å². The summed E-state index contributed by atoms with van der Waals surface area (Å²) in [4.78, 5) is 115. The summed E-state index contributed by atoms with van der Waals surface area (Å²) < 4.78 is 0. The van der Waals surface area contributed by atoms with Crippen molar-refractivity contribution in [3.63, 3.8) is 0 Å². The molecule has 0 aliphatic carbocycles. The van der Waals surface area contributed by atoms with Crippen molar-refractivity contribution in [2.24, 2.45) is 11.8 Å². The molecule has 16 heteroatoms. The number of fused-ring (bicyclic) bond motifs is 3. The number of hydrogen-bond donors (Lipinski definition) is 5. The Morgan fingerprint density at radius 3 is 1.75 bits per heavy atom. The maximum atomic E-state index is 14.3. The second-order valence-corrected chi connectivity index (χ2v) is 15.9. The summed E-state index contributed by atoms with van der Waals surface area (Å²) in [6.45, 7) is 7.51. The predicted octanol–water partition coefficient (Wildman–Crippen LogP) is -0.00530. The van der Waals surface area contributed by atoms with Crippen molar-refractivity contribution in [3.05, 3.63) is 35.9 Å². The Morgan fingerprint density at radius 2 is 1.16 bits per heavy atom. The Labute approximate surface area is 328 Å². The van der Waals surface area contributed by atoms with Gasteiger partial charge in [0.2, 0.25) is 47.3 Å². The van der Waals surface area contributed by atoms with E-state index in [1.165, 1.54) is 9.80 Å². The normalized spacial score (nSPS) is 28.4. The summed E-state index contributed by atoms with van der Waals surface area (Å²) in [5.41, 5.74) is 0.747. The Kier molecular flexibility index (Phi) is 14.5. The third kappa shape index (κ3) is 10.2. The van der Waals surface area contributed by atoms with Crippen LogP contribution in [0.1, 0.15) is 84.6 Å². The lowest BCUT2D eigenvalue weighted by molar-refractivity contribution is -0.151. The second-order valence-electron chi connectivity index (χ2n) is 15.9. The molecule has 16 nitrogen and oxygen atoms in total. The molecule has 0 radical (unpaired) electrons. The molecule has 8 amide bonds. The molecule has 4 aliphatic rings. The maximum Gasteiger partial charge on any atom is 0.246 e. The SMILES string of the molecule is CC[C@H](C)[C@@H]1NC(=O)[C@@H]2CCCN2C(=O)[C@@H]2CCCN2C(=O)[C@@H]2CCCN2C(=O)[C@H](CC(C)C)NC(=O)CNC(=O)CNC(=O)[C@H](Cc2ccccc2)NC1=O. The van der Waals surface area contributed by atoms with Gasteiger partial charge in [-0.15, -0.1) is 0 Å². The highest BCUT2D eigenvalue weighted by Crippen LogP contribution is 2.29. The maximum absolute atomic E-state index is 14.3. The van der Waals surface area contributed by atoms with E-state index in [0.29, 0.717) is 71.0 Å². The van der Waals surface area contributed by atoms with Gasteiger partial charge in [0.1, 0.15) is 36.3 Å². The molecular weight excluding hydrogens is 720 g/mol. The average Bonchev–Trinajstić information content (AvgIpc) is 3.98. The Bertz CT molecular complexity index is 1640. The molecule has 4 aliphatic heterocycles. The molecule has 5 N–H and O–H groups in total. The zero-order valence-electron chi connectivity index (χ0n) is 33.0. The van der Waals surface area contributed by atoms with E-state index in [0.717, 1.165) is 5.56 Å². The van der Waals surface area contributed by atoms with Crippen LogP contribution in [0.5, 0.6) is 0 Å². The van der Waals surface area contributed by atoms with Gasteiger partial charge in [-0.05, 0) is 62.3 Å². The fourth-order valence-corrected chi connectivity index (χ4v) is 8.20. The van der Waals surface area contributed by atoms with Crippen LogP contribution >= 0.6 is 0 Å². The summed E-state index contributed by atoms with van der Waals surface area (Å²) in [5, 5.41) is 13.5. The van der Waals surface area contributed by atoms with Crippen molar-refractivity contribution in [2.75, 3.05) is 32.7 Å². The van der Waals surface area contributed by atoms with Gasteiger partial charge in [0.25, 0.3) is 0 Å². The van der Waals surface area contributed by atoms with Crippen LogP contribution in [0.25, 0.3) is 0 Å². The number of amides is 8. The van der Waals surface area contributed by atoms with Crippen molar-refractivity contribution >= 4 is 47.3 Å². The van der Waals surface area contributed by atoms with Crippen LogP contribution in [-0.2, 0) is 44.8 Å². The first-order chi connectivity index (χ1) is 26.8. The minimum absolute atomic E-state index is 0.00799. The molecule has 306 valence electrons. The number of nitrogens with one attached hydrogen (secondary N) is 5. The molecule has 1 aromatic carbocycles. The fraction of sp³-hybridized carbons (Fsp3) is 0.650. The Morgan fingerprint density at radius 1 is 0.607 bits per heavy atom. The monoisotopic (exact) mass is 778 g/mol. The van der Waals surface area contributed by atoms with Crippen LogP contribution in [0, 0.1) is 11.8 Å². The van der Waals surface area contributed by atoms with E-state index in [4.69, 9.17) is 0 Å². The number of carbonyl (C=O) groups is 8. The van der Waals surface area contributed by atoms with Gasteiger partial charge in [-0.3, -0.25) is 38.4 Å². The van der Waals surface area contributed by atoms with Gasteiger partial charge in [-0.25, -0.2) is 0 Å². The predicted molar refractivity (Wildman–Crippen MR) is 205 cm³/mol. The van der Waals surface area contributed by atoms with Gasteiger partial charge < -0.3 is 41.3 Å². The third-order valence-electron chi connectivity index (χ3n) is 11.4. The van der Waals surface area contributed by atoms with Crippen LogP contribution in [0.3, 0.4) is 0 Å². The molecule has 4 heterocycles. The molecule has 0 unspecified atom stereocenters. The standard InChI is InChI=1S/C40H58N8O8/c1-5-25(4)34-37(53)44-27(21-26-12-7-6-8-13-26)35(51)42-22-32(49)41-23-33(50)43-28(20-24(2)3)38(54)47-18-10-15-30(47)40(56)48-19-11-16-31(48)39(55)46-17-9-14-29(46)36(52)45-34/h6-8,12-13,24-25,27-31,34H,5,9-11,14-23H2,1-4H3,(H,41,49)(H,42,51)(H,43,50)(H,44,53)(H,45,52)/t25-,27-,28-,29-,30-,31-,34-/m0/s1. The highest BCUT2D eigenvalue weighted by Gasteiger charge is 2.47. The van der Waals surface area contributed by atoms with Crippen molar-refractivity contribution in [3.8, 4) is 0 Å². The first kappa shape index (κ1) is 42.1. The molecule has 5 rings (SSSR count). The number of rotatable bonds is 6. The summed E-state index contributed by atoms with van der Waals surface area (Å²) in [6, 6.07) is 3.42. The van der Waals surface area contributed by atoms with Crippen LogP contribution < -0.4 is 26.6 Å². The van der Waals surface area contributed by atoms with E-state index in [1.54, 1.807) is 29.2 Å². The lowest BCUT2D eigenvalue weighted by Crippen LogP contribution is -2.60. The van der Waals surface area contributed by atoms with Gasteiger partial charge in [0.15, 0.2) is 0 Å². The molecule has 4 saturated heterocycles. The highest BCUT2D eigenvalue weighted by molar-refractivity contribution is 5.98. The van der Waals surface area contributed by atoms with Gasteiger partial charge in [0.05, 0.1) is 13.1 Å². The lowest BCUT2D eigenvalue weighted by atomic mass is 9.96. The minimum atomic E-state index is -1.12. The van der Waals surface area contributed by atoms with Crippen molar-refractivity contribution in [1.82, 2.24) is 41.3 Å². The number of nitrogens with zero attached hydrogens (tertiary/aromatic N) is 3. The molecule has 0 aromatic heterocycles. The van der Waals surface area contributed by atoms with E-state index >= 15 is 0 Å². The van der Waals surface area contributed by atoms with Crippen molar-refractivity contribution in [2.45, 2.75) is 122 Å². The highest BCUT2D eigenvalue weighted by atomic mass is 16.2. The quantitative estimate of drug-likeness (QED) is 0.265. The zero-order chi connectivity index (χ0) is 40.5. The van der Waals surface area contributed by atoms with Gasteiger partial charge in [-0.1, -0.05) is 64.4 Å². The van der Waals surface area contributed by atoms with Crippen molar-refractivity contribution in [1.29, 1.82) is 0 Å². The van der Waals surface area contributed by atoms with E-state index < -0.39 is 84.8 Å². The smallest absolute Gasteiger partial charge is 0.246 e. The number of carbonyl (C=O) groups excluding carboxylic acids is 8. The second kappa shape index (κ2) is 19.2. The lowest BCUT2D eigenvalue weighted by Gasteiger charge is -2.35. The number of benzene rings is 1. The fourth-order valence-electron chi connectivity index (χ4n) is 8.20. The topological polar surface area (TPSA) is 206 Å². The molecule has 1 aromatic rings. The molecule has 7 atom stereocenters. The van der Waals surface area contributed by atoms with Crippen molar-refractivity contribution < 1.29 is 38.4 Å². The first-order valence-corrected chi connectivity index (χ1v) is 20.2. The van der Waals surface area contributed by atoms with Gasteiger partial charge in [-0.2, -0.15) is 0 Å². The number of hydrogen-bond acceptors (Lipinski definition) is 8. The first-order valence-electron chi connectivity index (χ1n) is 20.2. The summed E-state index contributed by atoms with van der Waals surface area (Å²) in [6.07, 6.45) is 3.82. The van der Waals surface area contributed by atoms with E-state index in [1.807, 2.05) is 33.8 Å². The van der Waals surface area contributed by atoms with E-state index in [9.17, 15) is 38.4 Å². The van der Waals surface area contributed by atoms with Gasteiger partial charge in [0, 0.05) is 26.1 Å². The van der Waals surface area contributed by atoms with Gasteiger partial charge >= 0.3 is 0 Å². The molecule has 0 bridgehead atoms. The summed E-state index contributed by atoms with van der Waals surface area (Å²) in [7, 11) is 0. The Hall–Kier alpha value is -5.02. The molecule has 56 heavy (non-hydrogen) atoms. The average molecular weight is 779 g/mol. The summed E-state index contributed by atoms with van der Waals surface area (Å²) >= 11 is 0. The molecule has 0 spiro atoms. The largest absolute Gasteiger partial charge is 0.346 e. The Balaban J connectivity index is 1.45. The third-order valence-corrected chi connectivity index (χ3v) is 11.4. The molecule has 0 saturated carbocycles. The minimum Gasteiger partial charge on any atom is -0.346 e. The zero-order valence-corrected chi connectivity index (χ0v) is 33.0.